The van der Waals surface area contributed by atoms with E-state index in [0.29, 0.717) is 31.0 Å². The Bertz CT molecular complexity index is 564. The Labute approximate surface area is 124 Å². The zero-order chi connectivity index (χ0) is 14.9. The van der Waals surface area contributed by atoms with E-state index in [0.717, 1.165) is 25.7 Å². The third kappa shape index (κ3) is 2.42. The van der Waals surface area contributed by atoms with Gasteiger partial charge in [-0.15, -0.1) is 0 Å². The molecule has 1 aliphatic carbocycles. The largest absolute Gasteiger partial charge is 0.492 e. The van der Waals surface area contributed by atoms with Gasteiger partial charge in [0.1, 0.15) is 12.4 Å². The van der Waals surface area contributed by atoms with Gasteiger partial charge in [-0.3, -0.25) is 9.59 Å². The van der Waals surface area contributed by atoms with Crippen molar-refractivity contribution >= 4 is 17.5 Å². The average molecular weight is 288 g/mol. The van der Waals surface area contributed by atoms with Crippen molar-refractivity contribution in [2.24, 2.45) is 11.1 Å². The lowest BCUT2D eigenvalue weighted by Crippen LogP contribution is -2.34. The molecule has 2 N–H and O–H groups in total. The van der Waals surface area contributed by atoms with Gasteiger partial charge in [-0.05, 0) is 25.0 Å². The molecule has 0 radical (unpaired) electrons. The van der Waals surface area contributed by atoms with Crippen LogP contribution in [-0.4, -0.2) is 25.0 Å². The van der Waals surface area contributed by atoms with Crippen molar-refractivity contribution < 1.29 is 14.3 Å². The smallest absolute Gasteiger partial charge is 0.240 e. The number of nitrogens with zero attached hydrogens (tertiary/aromatic N) is 1. The number of rotatable bonds is 4. The van der Waals surface area contributed by atoms with Crippen molar-refractivity contribution in [3.63, 3.8) is 0 Å². The van der Waals surface area contributed by atoms with E-state index in [4.69, 9.17) is 10.5 Å². The van der Waals surface area contributed by atoms with Gasteiger partial charge in [-0.2, -0.15) is 0 Å². The minimum atomic E-state index is -0.439. The summed E-state index contributed by atoms with van der Waals surface area (Å²) < 4.78 is 5.47. The molecule has 2 aliphatic rings. The number of amides is 2. The Hall–Kier alpha value is -1.88. The second kappa shape index (κ2) is 5.48. The fourth-order valence-electron chi connectivity index (χ4n) is 3.39. The number of anilines is 1. The summed E-state index contributed by atoms with van der Waals surface area (Å²) in [6.07, 6.45) is 4.08. The van der Waals surface area contributed by atoms with Crippen LogP contribution in [0.25, 0.3) is 0 Å². The van der Waals surface area contributed by atoms with E-state index in [1.165, 1.54) is 4.90 Å². The summed E-state index contributed by atoms with van der Waals surface area (Å²) in [6.45, 7) is 0.837. The van der Waals surface area contributed by atoms with Crippen LogP contribution in [0, 0.1) is 5.41 Å². The zero-order valence-electron chi connectivity index (χ0n) is 12.0. The van der Waals surface area contributed by atoms with Crippen molar-refractivity contribution in [2.45, 2.75) is 32.1 Å². The van der Waals surface area contributed by atoms with Crippen LogP contribution in [0.5, 0.6) is 5.75 Å². The predicted molar refractivity (Wildman–Crippen MR) is 79.0 cm³/mol. The molecule has 5 nitrogen and oxygen atoms in total. The minimum Gasteiger partial charge on any atom is -0.492 e. The van der Waals surface area contributed by atoms with Crippen LogP contribution in [-0.2, 0) is 9.59 Å². The average Bonchev–Trinajstić information content (AvgIpc) is 3.04. The number of carbonyl (C=O) groups is 2. The maximum absolute atomic E-state index is 12.7. The van der Waals surface area contributed by atoms with Gasteiger partial charge in [0.05, 0.1) is 11.1 Å². The molecule has 0 bridgehead atoms. The minimum absolute atomic E-state index is 0.0408. The van der Waals surface area contributed by atoms with Crippen molar-refractivity contribution in [1.29, 1.82) is 0 Å². The van der Waals surface area contributed by atoms with E-state index in [2.05, 4.69) is 0 Å². The number of nitrogens with two attached hydrogens (primary N) is 1. The molecule has 1 heterocycles. The van der Waals surface area contributed by atoms with Crippen LogP contribution in [0.1, 0.15) is 32.1 Å². The summed E-state index contributed by atoms with van der Waals surface area (Å²) >= 11 is 0. The lowest BCUT2D eigenvalue weighted by molar-refractivity contribution is -0.125. The number of ether oxygens (including phenoxy) is 1. The summed E-state index contributed by atoms with van der Waals surface area (Å²) in [4.78, 5) is 26.4. The monoisotopic (exact) mass is 288 g/mol. The SMILES string of the molecule is NCCOc1cccc(N2C(=O)CC3(CCCC3)C2=O)c1. The number of benzene rings is 1. The topological polar surface area (TPSA) is 72.6 Å². The number of hydrogen-bond donors (Lipinski definition) is 1. The Morgan fingerprint density at radius 1 is 1.24 bits per heavy atom. The Morgan fingerprint density at radius 3 is 2.71 bits per heavy atom. The summed E-state index contributed by atoms with van der Waals surface area (Å²) in [7, 11) is 0. The van der Waals surface area contributed by atoms with Crippen LogP contribution < -0.4 is 15.4 Å². The molecular weight excluding hydrogens is 268 g/mol. The van der Waals surface area contributed by atoms with Crippen LogP contribution in [0.15, 0.2) is 24.3 Å². The van der Waals surface area contributed by atoms with Gasteiger partial charge < -0.3 is 10.5 Å². The highest BCUT2D eigenvalue weighted by Gasteiger charge is 2.53. The molecule has 1 spiro atoms. The van der Waals surface area contributed by atoms with Crippen LogP contribution in [0.3, 0.4) is 0 Å². The quantitative estimate of drug-likeness (QED) is 0.858. The van der Waals surface area contributed by atoms with E-state index in [9.17, 15) is 9.59 Å². The first-order valence-electron chi connectivity index (χ1n) is 7.47. The molecule has 0 aromatic heterocycles. The van der Waals surface area contributed by atoms with Crippen molar-refractivity contribution in [1.82, 2.24) is 0 Å². The summed E-state index contributed by atoms with van der Waals surface area (Å²) in [5, 5.41) is 0. The molecule has 2 fully saturated rings. The Morgan fingerprint density at radius 2 is 2.00 bits per heavy atom. The molecule has 21 heavy (non-hydrogen) atoms. The molecule has 1 aliphatic heterocycles. The Kier molecular flexibility index (Phi) is 3.68. The van der Waals surface area contributed by atoms with Crippen LogP contribution >= 0.6 is 0 Å². The number of carbonyl (C=O) groups excluding carboxylic acids is 2. The molecule has 1 saturated carbocycles. The van der Waals surface area contributed by atoms with Crippen LogP contribution in [0.4, 0.5) is 5.69 Å². The highest BCUT2D eigenvalue weighted by molar-refractivity contribution is 6.22. The van der Waals surface area contributed by atoms with E-state index >= 15 is 0 Å². The highest BCUT2D eigenvalue weighted by Crippen LogP contribution is 2.48. The first-order valence-corrected chi connectivity index (χ1v) is 7.47. The van der Waals surface area contributed by atoms with Crippen LogP contribution in [0.2, 0.25) is 0 Å². The molecule has 1 saturated heterocycles. The zero-order valence-corrected chi connectivity index (χ0v) is 12.0. The summed E-state index contributed by atoms with van der Waals surface area (Å²) in [5.74, 6) is 0.491. The van der Waals surface area contributed by atoms with Gasteiger partial charge >= 0.3 is 0 Å². The molecule has 2 amide bonds. The third-order valence-electron chi connectivity index (χ3n) is 4.42. The summed E-state index contributed by atoms with van der Waals surface area (Å²) in [6, 6.07) is 7.11. The normalized spacial score (nSPS) is 20.5. The second-order valence-corrected chi connectivity index (χ2v) is 5.83. The van der Waals surface area contributed by atoms with Gasteiger partial charge in [0.15, 0.2) is 0 Å². The first-order chi connectivity index (χ1) is 10.2. The van der Waals surface area contributed by atoms with Crippen molar-refractivity contribution in [2.75, 3.05) is 18.1 Å². The molecule has 112 valence electrons. The predicted octanol–water partition coefficient (Wildman–Crippen LogP) is 1.85. The van der Waals surface area contributed by atoms with E-state index in [1.54, 1.807) is 24.3 Å². The first kappa shape index (κ1) is 14.1. The fourth-order valence-corrected chi connectivity index (χ4v) is 3.39. The highest BCUT2D eigenvalue weighted by atomic mass is 16.5. The van der Waals surface area contributed by atoms with E-state index < -0.39 is 5.41 Å². The second-order valence-electron chi connectivity index (χ2n) is 5.83. The van der Waals surface area contributed by atoms with Gasteiger partial charge in [-0.25, -0.2) is 4.90 Å². The fraction of sp³-hybridized carbons (Fsp3) is 0.500. The third-order valence-corrected chi connectivity index (χ3v) is 4.42. The maximum atomic E-state index is 12.7. The maximum Gasteiger partial charge on any atom is 0.240 e. The van der Waals surface area contributed by atoms with Crippen molar-refractivity contribution in [3.05, 3.63) is 24.3 Å². The summed E-state index contributed by atoms with van der Waals surface area (Å²) in [5.41, 5.74) is 5.58. The number of imide groups is 1. The molecule has 5 heteroatoms. The number of hydrogen-bond acceptors (Lipinski definition) is 4. The van der Waals surface area contributed by atoms with Gasteiger partial charge in [-0.1, -0.05) is 18.9 Å². The van der Waals surface area contributed by atoms with Crippen molar-refractivity contribution in [3.8, 4) is 5.75 Å². The molecule has 3 rings (SSSR count). The lowest BCUT2D eigenvalue weighted by atomic mass is 9.84. The Balaban J connectivity index is 1.86. The molecule has 0 atom stereocenters. The van der Waals surface area contributed by atoms with E-state index in [-0.39, 0.29) is 11.8 Å². The van der Waals surface area contributed by atoms with E-state index in [1.807, 2.05) is 0 Å². The van der Waals surface area contributed by atoms with Gasteiger partial charge in [0.2, 0.25) is 11.8 Å². The molecule has 0 unspecified atom stereocenters. The standard InChI is InChI=1S/C16H20N2O3/c17-8-9-21-13-5-3-4-12(10-13)18-14(19)11-16(15(18)20)6-1-2-7-16/h3-5,10H,1-2,6-9,11,17H2. The molecule has 1 aromatic carbocycles. The van der Waals surface area contributed by atoms with Gasteiger partial charge in [0, 0.05) is 19.0 Å². The molecular formula is C16H20N2O3. The lowest BCUT2D eigenvalue weighted by Gasteiger charge is -2.21. The van der Waals surface area contributed by atoms with Gasteiger partial charge in [0.25, 0.3) is 0 Å². The molecule has 1 aromatic rings.